The second kappa shape index (κ2) is 2.06. The summed E-state index contributed by atoms with van der Waals surface area (Å²) in [6.45, 7) is 3.33. The van der Waals surface area contributed by atoms with Gasteiger partial charge in [-0.2, -0.15) is 0 Å². The molecular weight excluding hydrogens is 128 g/mol. The number of ketones is 1. The monoisotopic (exact) mass is 138 g/mol. The van der Waals surface area contributed by atoms with Crippen LogP contribution in [0.2, 0.25) is 0 Å². The second-order valence-corrected chi connectivity index (χ2v) is 2.75. The molecule has 0 aliphatic heterocycles. The van der Waals surface area contributed by atoms with Gasteiger partial charge in [-0.15, -0.1) is 0 Å². The quantitative estimate of drug-likeness (QED) is 0.538. The molecule has 54 valence electrons. The largest absolute Gasteiger partial charge is 0.382 e. The summed E-state index contributed by atoms with van der Waals surface area (Å²) in [4.78, 5) is 10.8. The van der Waals surface area contributed by atoms with Gasteiger partial charge in [-0.25, -0.2) is 0 Å². The Morgan fingerprint density at radius 3 is 2.60 bits per heavy atom. The van der Waals surface area contributed by atoms with Crippen molar-refractivity contribution < 1.29 is 9.90 Å². The minimum Gasteiger partial charge on any atom is -0.382 e. The van der Waals surface area contributed by atoms with Crippen LogP contribution < -0.4 is 0 Å². The van der Waals surface area contributed by atoms with Gasteiger partial charge in [0.25, 0.3) is 0 Å². The lowest BCUT2D eigenvalue weighted by atomic mass is 9.95. The number of hydrogen-bond donors (Lipinski definition) is 1. The summed E-state index contributed by atoms with van der Waals surface area (Å²) in [6, 6.07) is 0. The van der Waals surface area contributed by atoms with Crippen LogP contribution in [0.25, 0.3) is 0 Å². The van der Waals surface area contributed by atoms with E-state index in [-0.39, 0.29) is 5.78 Å². The molecule has 0 heterocycles. The molecule has 0 unspecified atom stereocenters. The van der Waals surface area contributed by atoms with Crippen LogP contribution in [0.15, 0.2) is 23.8 Å². The maximum Gasteiger partial charge on any atom is 0.181 e. The molecule has 1 aliphatic carbocycles. The highest BCUT2D eigenvalue weighted by atomic mass is 16.3. The Hall–Kier alpha value is -0.890. The SMILES string of the molecule is CC1=C[C@@](C)(O)C=CC1=O. The molecule has 1 N–H and O–H groups in total. The molecule has 0 saturated heterocycles. The predicted molar refractivity (Wildman–Crippen MR) is 38.5 cm³/mol. The fourth-order valence-corrected chi connectivity index (χ4v) is 0.933. The zero-order chi connectivity index (χ0) is 7.78. The summed E-state index contributed by atoms with van der Waals surface area (Å²) in [5.74, 6) is -0.0217. The van der Waals surface area contributed by atoms with E-state index in [1.165, 1.54) is 12.2 Å². The van der Waals surface area contributed by atoms with Gasteiger partial charge in [0.05, 0.1) is 5.60 Å². The molecular formula is C8H10O2. The number of carbonyl (C=O) groups is 1. The van der Waals surface area contributed by atoms with Crippen molar-refractivity contribution in [3.8, 4) is 0 Å². The van der Waals surface area contributed by atoms with Gasteiger partial charge in [0.1, 0.15) is 0 Å². The minimum absolute atomic E-state index is 0.0217. The fraction of sp³-hybridized carbons (Fsp3) is 0.375. The van der Waals surface area contributed by atoms with E-state index in [9.17, 15) is 9.90 Å². The molecule has 0 bridgehead atoms. The highest BCUT2D eigenvalue weighted by Gasteiger charge is 2.19. The first-order valence-electron chi connectivity index (χ1n) is 3.17. The summed E-state index contributed by atoms with van der Waals surface area (Å²) in [6.07, 6.45) is 4.44. The normalized spacial score (nSPS) is 32.3. The molecule has 0 fully saturated rings. The molecule has 0 radical (unpaired) electrons. The highest BCUT2D eigenvalue weighted by Crippen LogP contribution is 2.16. The smallest absolute Gasteiger partial charge is 0.181 e. The first-order chi connectivity index (χ1) is 4.51. The number of carbonyl (C=O) groups excluding carboxylic acids is 1. The van der Waals surface area contributed by atoms with E-state index < -0.39 is 5.60 Å². The zero-order valence-electron chi connectivity index (χ0n) is 6.09. The maximum absolute atomic E-state index is 10.8. The average molecular weight is 138 g/mol. The summed E-state index contributed by atoms with van der Waals surface area (Å²) < 4.78 is 0. The third-order valence-electron chi connectivity index (χ3n) is 1.47. The summed E-state index contributed by atoms with van der Waals surface area (Å²) in [5, 5.41) is 9.35. The Labute approximate surface area is 59.9 Å². The zero-order valence-corrected chi connectivity index (χ0v) is 6.09. The molecule has 0 saturated carbocycles. The number of aliphatic hydroxyl groups is 1. The van der Waals surface area contributed by atoms with Gasteiger partial charge >= 0.3 is 0 Å². The van der Waals surface area contributed by atoms with Gasteiger partial charge in [-0.05, 0) is 37.6 Å². The highest BCUT2D eigenvalue weighted by molar-refractivity contribution is 6.04. The maximum atomic E-state index is 10.8. The summed E-state index contributed by atoms with van der Waals surface area (Å²) in [5.41, 5.74) is -0.328. The topological polar surface area (TPSA) is 37.3 Å². The van der Waals surface area contributed by atoms with Crippen LogP contribution in [-0.4, -0.2) is 16.5 Å². The Bertz CT molecular complexity index is 221. The Kier molecular flexibility index (Phi) is 1.49. The van der Waals surface area contributed by atoms with Crippen molar-refractivity contribution in [2.24, 2.45) is 0 Å². The molecule has 2 heteroatoms. The van der Waals surface area contributed by atoms with E-state index in [1.807, 2.05) is 0 Å². The van der Waals surface area contributed by atoms with Crippen molar-refractivity contribution in [2.75, 3.05) is 0 Å². The predicted octanol–water partition coefficient (Wildman–Crippen LogP) is 0.823. The molecule has 1 rings (SSSR count). The van der Waals surface area contributed by atoms with Gasteiger partial charge in [0.2, 0.25) is 0 Å². The first-order valence-corrected chi connectivity index (χ1v) is 3.17. The van der Waals surface area contributed by atoms with E-state index in [1.54, 1.807) is 19.9 Å². The molecule has 0 aromatic rings. The van der Waals surface area contributed by atoms with Crippen molar-refractivity contribution >= 4 is 5.78 Å². The van der Waals surface area contributed by atoms with Crippen LogP contribution >= 0.6 is 0 Å². The van der Waals surface area contributed by atoms with Crippen LogP contribution in [0.5, 0.6) is 0 Å². The number of hydrogen-bond acceptors (Lipinski definition) is 2. The van der Waals surface area contributed by atoms with Crippen LogP contribution in [0.1, 0.15) is 13.8 Å². The molecule has 2 nitrogen and oxygen atoms in total. The van der Waals surface area contributed by atoms with Gasteiger partial charge in [-0.3, -0.25) is 4.79 Å². The minimum atomic E-state index is -0.933. The number of allylic oxidation sites excluding steroid dienone is 2. The van der Waals surface area contributed by atoms with Gasteiger partial charge in [-0.1, -0.05) is 0 Å². The number of rotatable bonds is 0. The summed E-state index contributed by atoms with van der Waals surface area (Å²) >= 11 is 0. The lowest BCUT2D eigenvalue weighted by Crippen LogP contribution is -2.22. The third kappa shape index (κ3) is 1.33. The molecule has 1 atom stereocenters. The molecule has 0 amide bonds. The Morgan fingerprint density at radius 1 is 1.60 bits per heavy atom. The van der Waals surface area contributed by atoms with Crippen molar-refractivity contribution in [2.45, 2.75) is 19.4 Å². The molecule has 0 spiro atoms. The van der Waals surface area contributed by atoms with Gasteiger partial charge < -0.3 is 5.11 Å². The van der Waals surface area contributed by atoms with E-state index >= 15 is 0 Å². The standard InChI is InChI=1S/C8H10O2/c1-6-5-8(2,10)4-3-7(6)9/h3-5,10H,1-2H3/t8-/m0/s1. The van der Waals surface area contributed by atoms with Gasteiger partial charge in [0.15, 0.2) is 5.78 Å². The van der Waals surface area contributed by atoms with Crippen LogP contribution in [-0.2, 0) is 4.79 Å². The summed E-state index contributed by atoms with van der Waals surface area (Å²) in [7, 11) is 0. The van der Waals surface area contributed by atoms with E-state index in [2.05, 4.69) is 0 Å². The van der Waals surface area contributed by atoms with E-state index in [4.69, 9.17) is 0 Å². The van der Waals surface area contributed by atoms with Gasteiger partial charge in [0, 0.05) is 0 Å². The van der Waals surface area contributed by atoms with Crippen molar-refractivity contribution in [1.29, 1.82) is 0 Å². The Morgan fingerprint density at radius 2 is 2.20 bits per heavy atom. The molecule has 10 heavy (non-hydrogen) atoms. The van der Waals surface area contributed by atoms with E-state index in [0.29, 0.717) is 5.57 Å². The lowest BCUT2D eigenvalue weighted by Gasteiger charge is -2.17. The van der Waals surface area contributed by atoms with Crippen LogP contribution in [0.4, 0.5) is 0 Å². The first kappa shape index (κ1) is 7.22. The van der Waals surface area contributed by atoms with Crippen molar-refractivity contribution in [1.82, 2.24) is 0 Å². The van der Waals surface area contributed by atoms with Crippen LogP contribution in [0, 0.1) is 0 Å². The van der Waals surface area contributed by atoms with E-state index in [0.717, 1.165) is 0 Å². The second-order valence-electron chi connectivity index (χ2n) is 2.75. The average Bonchev–Trinajstić information content (AvgIpc) is 1.79. The molecule has 1 aliphatic rings. The van der Waals surface area contributed by atoms with Crippen molar-refractivity contribution in [3.05, 3.63) is 23.8 Å². The third-order valence-corrected chi connectivity index (χ3v) is 1.47. The fourth-order valence-electron chi connectivity index (χ4n) is 0.933. The lowest BCUT2D eigenvalue weighted by molar-refractivity contribution is -0.111. The molecule has 0 aromatic heterocycles. The van der Waals surface area contributed by atoms with Crippen LogP contribution in [0.3, 0.4) is 0 Å². The molecule has 0 aromatic carbocycles. The Balaban J connectivity index is 2.95. The van der Waals surface area contributed by atoms with Crippen molar-refractivity contribution in [3.63, 3.8) is 0 Å².